The predicted octanol–water partition coefficient (Wildman–Crippen LogP) is 3.55. The Kier molecular flexibility index (Phi) is 7.05. The summed E-state index contributed by atoms with van der Waals surface area (Å²) in [4.78, 5) is 24.5. The zero-order valence-corrected chi connectivity index (χ0v) is 18.4. The molecule has 0 unspecified atom stereocenters. The first-order valence-corrected chi connectivity index (χ1v) is 10.6. The van der Waals surface area contributed by atoms with Crippen LogP contribution in [0.25, 0.3) is 0 Å². The Morgan fingerprint density at radius 1 is 1.10 bits per heavy atom. The van der Waals surface area contributed by atoms with Crippen molar-refractivity contribution in [2.45, 2.75) is 18.6 Å². The van der Waals surface area contributed by atoms with Crippen LogP contribution in [-0.4, -0.2) is 32.3 Å². The van der Waals surface area contributed by atoms with Gasteiger partial charge < -0.3 is 15.2 Å². The van der Waals surface area contributed by atoms with Gasteiger partial charge in [-0.3, -0.25) is 9.59 Å². The minimum absolute atomic E-state index is 0.120. The third-order valence-corrected chi connectivity index (χ3v) is 5.83. The Morgan fingerprint density at radius 2 is 1.83 bits per heavy atom. The number of nitrogens with zero attached hydrogens (tertiary/aromatic N) is 3. The average molecular weight is 474 g/mol. The maximum atomic E-state index is 12.3. The van der Waals surface area contributed by atoms with E-state index in [0.29, 0.717) is 16.5 Å². The highest BCUT2D eigenvalue weighted by Crippen LogP contribution is 2.18. The Hall–Kier alpha value is -2.65. The van der Waals surface area contributed by atoms with Gasteiger partial charge >= 0.3 is 0 Å². The van der Waals surface area contributed by atoms with E-state index in [1.54, 1.807) is 23.7 Å². The SMILES string of the molecule is Cc1ccc(NC(=O)CSc2nnc(CNC(=O)c3ccccc3Br)n2C)cc1. The topological polar surface area (TPSA) is 88.9 Å². The van der Waals surface area contributed by atoms with Gasteiger partial charge in [0.15, 0.2) is 11.0 Å². The van der Waals surface area contributed by atoms with Crippen molar-refractivity contribution in [3.8, 4) is 0 Å². The summed E-state index contributed by atoms with van der Waals surface area (Å²) in [5.74, 6) is 0.494. The number of halogens is 1. The van der Waals surface area contributed by atoms with Gasteiger partial charge in [-0.25, -0.2) is 0 Å². The molecule has 7 nitrogen and oxygen atoms in total. The number of carbonyl (C=O) groups excluding carboxylic acids is 2. The van der Waals surface area contributed by atoms with Gasteiger partial charge in [0.25, 0.3) is 5.91 Å². The molecule has 2 aromatic carbocycles. The number of hydrogen-bond acceptors (Lipinski definition) is 5. The standard InChI is InChI=1S/C20H20BrN5O2S/c1-13-7-9-14(10-8-13)23-18(27)12-29-20-25-24-17(26(20)2)11-22-19(28)15-5-3-4-6-16(15)21/h3-10H,11-12H2,1-2H3,(H,22,28)(H,23,27). The van der Waals surface area contributed by atoms with Crippen LogP contribution in [0.3, 0.4) is 0 Å². The number of aromatic nitrogens is 3. The lowest BCUT2D eigenvalue weighted by atomic mass is 10.2. The number of nitrogens with one attached hydrogen (secondary N) is 2. The zero-order chi connectivity index (χ0) is 20.8. The fourth-order valence-corrected chi connectivity index (χ4v) is 3.68. The third kappa shape index (κ3) is 5.68. The number of anilines is 1. The molecule has 0 aliphatic heterocycles. The van der Waals surface area contributed by atoms with Crippen molar-refractivity contribution < 1.29 is 9.59 Å². The van der Waals surface area contributed by atoms with Gasteiger partial charge in [0, 0.05) is 17.2 Å². The highest BCUT2D eigenvalue weighted by atomic mass is 79.9. The van der Waals surface area contributed by atoms with Crippen LogP contribution < -0.4 is 10.6 Å². The molecule has 1 aromatic heterocycles. The molecule has 0 fully saturated rings. The molecular weight excluding hydrogens is 454 g/mol. The second-order valence-electron chi connectivity index (χ2n) is 6.32. The molecule has 2 N–H and O–H groups in total. The van der Waals surface area contributed by atoms with Crippen molar-refractivity contribution in [3.05, 3.63) is 70.0 Å². The van der Waals surface area contributed by atoms with Gasteiger partial charge in [0.05, 0.1) is 17.9 Å². The van der Waals surface area contributed by atoms with Crippen molar-refractivity contribution >= 4 is 45.2 Å². The highest BCUT2D eigenvalue weighted by Gasteiger charge is 2.14. The van der Waals surface area contributed by atoms with Crippen molar-refractivity contribution in [1.82, 2.24) is 20.1 Å². The van der Waals surface area contributed by atoms with Crippen LogP contribution in [0.1, 0.15) is 21.7 Å². The minimum atomic E-state index is -0.202. The Morgan fingerprint density at radius 3 is 2.55 bits per heavy atom. The van der Waals surface area contributed by atoms with Gasteiger partial charge in [0.1, 0.15) is 0 Å². The Balaban J connectivity index is 1.52. The van der Waals surface area contributed by atoms with E-state index in [0.717, 1.165) is 15.7 Å². The van der Waals surface area contributed by atoms with Gasteiger partial charge in [0.2, 0.25) is 5.91 Å². The van der Waals surface area contributed by atoms with Crippen LogP contribution in [0, 0.1) is 6.92 Å². The molecule has 0 aliphatic rings. The van der Waals surface area contributed by atoms with Crippen molar-refractivity contribution in [2.24, 2.45) is 7.05 Å². The summed E-state index contributed by atoms with van der Waals surface area (Å²) in [6.07, 6.45) is 0. The lowest BCUT2D eigenvalue weighted by Crippen LogP contribution is -2.24. The normalized spacial score (nSPS) is 10.6. The van der Waals surface area contributed by atoms with Crippen LogP contribution in [0.5, 0.6) is 0 Å². The van der Waals surface area contributed by atoms with E-state index in [2.05, 4.69) is 36.8 Å². The largest absolute Gasteiger partial charge is 0.345 e. The number of carbonyl (C=O) groups is 2. The maximum Gasteiger partial charge on any atom is 0.252 e. The number of aryl methyl sites for hydroxylation is 1. The maximum absolute atomic E-state index is 12.3. The molecule has 0 bridgehead atoms. The summed E-state index contributed by atoms with van der Waals surface area (Å²) in [6.45, 7) is 2.23. The van der Waals surface area contributed by atoms with Crippen LogP contribution in [0.15, 0.2) is 58.2 Å². The van der Waals surface area contributed by atoms with E-state index in [9.17, 15) is 9.59 Å². The molecule has 0 aliphatic carbocycles. The molecule has 3 aromatic rings. The van der Waals surface area contributed by atoms with Crippen LogP contribution in [-0.2, 0) is 18.4 Å². The quantitative estimate of drug-likeness (QED) is 0.512. The second kappa shape index (κ2) is 9.71. The Labute approximate surface area is 181 Å². The number of hydrogen-bond donors (Lipinski definition) is 2. The smallest absolute Gasteiger partial charge is 0.252 e. The molecule has 1 heterocycles. The number of rotatable bonds is 7. The number of benzene rings is 2. The van der Waals surface area contributed by atoms with Crippen molar-refractivity contribution in [3.63, 3.8) is 0 Å². The van der Waals surface area contributed by atoms with Crippen LogP contribution in [0.2, 0.25) is 0 Å². The molecule has 0 spiro atoms. The first-order valence-electron chi connectivity index (χ1n) is 8.84. The van der Waals surface area contributed by atoms with E-state index in [1.165, 1.54) is 11.8 Å². The summed E-state index contributed by atoms with van der Waals surface area (Å²) < 4.78 is 2.50. The lowest BCUT2D eigenvalue weighted by Gasteiger charge is -2.07. The summed E-state index contributed by atoms with van der Waals surface area (Å²) in [5.41, 5.74) is 2.45. The molecular formula is C20H20BrN5O2S. The third-order valence-electron chi connectivity index (χ3n) is 4.12. The van der Waals surface area contributed by atoms with E-state index >= 15 is 0 Å². The van der Waals surface area contributed by atoms with Gasteiger partial charge in [-0.15, -0.1) is 10.2 Å². The minimum Gasteiger partial charge on any atom is -0.345 e. The first kappa shape index (κ1) is 21.1. The van der Waals surface area contributed by atoms with E-state index in [-0.39, 0.29) is 24.1 Å². The molecule has 9 heteroatoms. The first-order chi connectivity index (χ1) is 13.9. The van der Waals surface area contributed by atoms with E-state index < -0.39 is 0 Å². The van der Waals surface area contributed by atoms with E-state index in [4.69, 9.17) is 0 Å². The Bertz CT molecular complexity index is 1020. The predicted molar refractivity (Wildman–Crippen MR) is 117 cm³/mol. The zero-order valence-electron chi connectivity index (χ0n) is 16.0. The summed E-state index contributed by atoms with van der Waals surface area (Å²) in [6, 6.07) is 14.8. The second-order valence-corrected chi connectivity index (χ2v) is 8.12. The van der Waals surface area contributed by atoms with Gasteiger partial charge in [-0.05, 0) is 47.1 Å². The fraction of sp³-hybridized carbons (Fsp3) is 0.200. The highest BCUT2D eigenvalue weighted by molar-refractivity contribution is 9.10. The summed E-state index contributed by atoms with van der Waals surface area (Å²) >= 11 is 4.66. The van der Waals surface area contributed by atoms with Gasteiger partial charge in [-0.1, -0.05) is 41.6 Å². The monoisotopic (exact) mass is 473 g/mol. The van der Waals surface area contributed by atoms with Crippen LogP contribution >= 0.6 is 27.7 Å². The van der Waals surface area contributed by atoms with Crippen molar-refractivity contribution in [1.29, 1.82) is 0 Å². The van der Waals surface area contributed by atoms with Gasteiger partial charge in [-0.2, -0.15) is 0 Å². The van der Waals surface area contributed by atoms with Crippen molar-refractivity contribution in [2.75, 3.05) is 11.1 Å². The molecule has 0 saturated carbocycles. The lowest BCUT2D eigenvalue weighted by molar-refractivity contribution is -0.113. The molecule has 0 atom stereocenters. The molecule has 2 amide bonds. The molecule has 0 radical (unpaired) electrons. The average Bonchev–Trinajstić information content (AvgIpc) is 3.06. The number of amides is 2. The summed E-state index contributed by atoms with van der Waals surface area (Å²) in [7, 11) is 1.81. The fourth-order valence-electron chi connectivity index (χ4n) is 2.49. The van der Waals surface area contributed by atoms with Crippen LogP contribution in [0.4, 0.5) is 5.69 Å². The number of thioether (sulfide) groups is 1. The van der Waals surface area contributed by atoms with E-state index in [1.807, 2.05) is 43.3 Å². The molecule has 0 saturated heterocycles. The summed E-state index contributed by atoms with van der Waals surface area (Å²) in [5, 5.41) is 14.5. The molecule has 3 rings (SSSR count). The molecule has 150 valence electrons. The molecule has 29 heavy (non-hydrogen) atoms.